The van der Waals surface area contributed by atoms with Crippen molar-refractivity contribution in [1.29, 1.82) is 0 Å². The number of carbonyl (C=O) groups excluding carboxylic acids is 1. The van der Waals surface area contributed by atoms with Gasteiger partial charge in [0, 0.05) is 18.3 Å². The Kier molecular flexibility index (Phi) is 3.72. The molecule has 5 nitrogen and oxygen atoms in total. The summed E-state index contributed by atoms with van der Waals surface area (Å²) in [5.41, 5.74) is 1.43. The van der Waals surface area contributed by atoms with Gasteiger partial charge in [-0.05, 0) is 48.7 Å². The second-order valence-electron chi connectivity index (χ2n) is 5.99. The highest BCUT2D eigenvalue weighted by atomic mass is 19.1. The summed E-state index contributed by atoms with van der Waals surface area (Å²) in [4.78, 5) is 14.4. The minimum Gasteiger partial charge on any atom is -0.454 e. The van der Waals surface area contributed by atoms with Gasteiger partial charge >= 0.3 is 6.03 Å². The third-order valence-electron chi connectivity index (χ3n) is 4.11. The zero-order chi connectivity index (χ0) is 16.5. The highest BCUT2D eigenvalue weighted by Gasteiger charge is 2.33. The number of ether oxygens (including phenoxy) is 2. The molecule has 24 heavy (non-hydrogen) atoms. The van der Waals surface area contributed by atoms with E-state index >= 15 is 0 Å². The normalized spacial score (nSPS) is 15.2. The first-order chi connectivity index (χ1) is 11.7. The number of urea groups is 1. The molecule has 2 amide bonds. The Balaban J connectivity index is 1.49. The number of nitrogens with zero attached hydrogens (tertiary/aromatic N) is 1. The van der Waals surface area contributed by atoms with E-state index in [0.717, 1.165) is 24.2 Å². The highest BCUT2D eigenvalue weighted by molar-refractivity contribution is 5.89. The van der Waals surface area contributed by atoms with Crippen LogP contribution < -0.4 is 14.8 Å². The van der Waals surface area contributed by atoms with Gasteiger partial charge in [-0.1, -0.05) is 12.1 Å². The van der Waals surface area contributed by atoms with Crippen molar-refractivity contribution < 1.29 is 18.7 Å². The number of amides is 2. The summed E-state index contributed by atoms with van der Waals surface area (Å²) in [5, 5.41) is 2.77. The minimum absolute atomic E-state index is 0.222. The zero-order valence-electron chi connectivity index (χ0n) is 13.0. The molecule has 2 aromatic rings. The molecule has 124 valence electrons. The van der Waals surface area contributed by atoms with Crippen LogP contribution in [0.2, 0.25) is 0 Å². The van der Waals surface area contributed by atoms with Crippen LogP contribution in [0, 0.1) is 5.82 Å². The molecule has 0 atom stereocenters. The fourth-order valence-corrected chi connectivity index (χ4v) is 2.75. The van der Waals surface area contributed by atoms with Gasteiger partial charge in [-0.3, -0.25) is 0 Å². The summed E-state index contributed by atoms with van der Waals surface area (Å²) in [6, 6.07) is 11.6. The van der Waals surface area contributed by atoms with Gasteiger partial charge in [0.25, 0.3) is 0 Å². The number of nitrogens with one attached hydrogen (secondary N) is 1. The third-order valence-corrected chi connectivity index (χ3v) is 4.11. The van der Waals surface area contributed by atoms with Crippen LogP contribution in [0.3, 0.4) is 0 Å². The molecule has 1 saturated carbocycles. The van der Waals surface area contributed by atoms with Crippen LogP contribution in [0.25, 0.3) is 0 Å². The Labute approximate surface area is 139 Å². The molecule has 4 rings (SSSR count). The average Bonchev–Trinajstić information content (AvgIpc) is 3.29. The first kappa shape index (κ1) is 14.8. The molecular weight excluding hydrogens is 311 g/mol. The number of benzene rings is 2. The maximum absolute atomic E-state index is 13.3. The number of halogens is 1. The van der Waals surface area contributed by atoms with E-state index in [9.17, 15) is 9.18 Å². The molecule has 0 unspecified atom stereocenters. The second-order valence-corrected chi connectivity index (χ2v) is 5.99. The van der Waals surface area contributed by atoms with Gasteiger partial charge in [0.05, 0.1) is 0 Å². The molecular formula is C18H17FN2O3. The summed E-state index contributed by atoms with van der Waals surface area (Å²) < 4.78 is 24.0. The monoisotopic (exact) mass is 328 g/mol. The number of hydrogen-bond acceptors (Lipinski definition) is 3. The number of anilines is 1. The molecule has 0 spiro atoms. The van der Waals surface area contributed by atoms with Crippen molar-refractivity contribution in [2.24, 2.45) is 0 Å². The molecule has 0 radical (unpaired) electrons. The van der Waals surface area contributed by atoms with E-state index < -0.39 is 0 Å². The standard InChI is InChI=1S/C18H17FN2O3/c19-13-2-1-3-14(9-13)20-18(22)21(15-5-6-15)10-12-4-7-16-17(8-12)24-11-23-16/h1-4,7-9,15H,5-6,10-11H2,(H,20,22). The van der Waals surface area contributed by atoms with Gasteiger partial charge in [0.15, 0.2) is 11.5 Å². The second kappa shape index (κ2) is 6.03. The maximum Gasteiger partial charge on any atom is 0.322 e. The molecule has 1 aliphatic heterocycles. The molecule has 0 bridgehead atoms. The van der Waals surface area contributed by atoms with Crippen LogP contribution in [0.15, 0.2) is 42.5 Å². The largest absolute Gasteiger partial charge is 0.454 e. The van der Waals surface area contributed by atoms with Crippen molar-refractivity contribution in [3.63, 3.8) is 0 Å². The lowest BCUT2D eigenvalue weighted by Gasteiger charge is -2.23. The molecule has 0 aromatic heterocycles. The summed E-state index contributed by atoms with van der Waals surface area (Å²) in [6.45, 7) is 0.702. The first-order valence-corrected chi connectivity index (χ1v) is 7.91. The van der Waals surface area contributed by atoms with Crippen LogP contribution in [-0.2, 0) is 6.54 Å². The van der Waals surface area contributed by atoms with Crippen LogP contribution in [0.1, 0.15) is 18.4 Å². The third kappa shape index (κ3) is 3.13. The molecule has 1 N–H and O–H groups in total. The molecule has 1 fully saturated rings. The van der Waals surface area contributed by atoms with Gasteiger partial charge in [0.1, 0.15) is 5.82 Å². The first-order valence-electron chi connectivity index (χ1n) is 7.91. The molecule has 6 heteroatoms. The smallest absolute Gasteiger partial charge is 0.322 e. The van der Waals surface area contributed by atoms with Crippen molar-refractivity contribution in [3.05, 3.63) is 53.8 Å². The van der Waals surface area contributed by atoms with Crippen LogP contribution >= 0.6 is 0 Å². The van der Waals surface area contributed by atoms with Gasteiger partial charge in [-0.15, -0.1) is 0 Å². The van der Waals surface area contributed by atoms with Crippen LogP contribution in [-0.4, -0.2) is 23.8 Å². The van der Waals surface area contributed by atoms with Gasteiger partial charge in [0.2, 0.25) is 6.79 Å². The highest BCUT2D eigenvalue weighted by Crippen LogP contribution is 2.34. The van der Waals surface area contributed by atoms with Crippen LogP contribution in [0.5, 0.6) is 11.5 Å². The van der Waals surface area contributed by atoms with Crippen molar-refractivity contribution in [2.45, 2.75) is 25.4 Å². The number of carbonyl (C=O) groups is 1. The van der Waals surface area contributed by atoms with E-state index in [1.54, 1.807) is 17.0 Å². The van der Waals surface area contributed by atoms with Crippen LogP contribution in [0.4, 0.5) is 14.9 Å². The van der Waals surface area contributed by atoms with E-state index in [4.69, 9.17) is 9.47 Å². The zero-order valence-corrected chi connectivity index (χ0v) is 13.0. The van der Waals surface area contributed by atoms with E-state index in [-0.39, 0.29) is 24.7 Å². The van der Waals surface area contributed by atoms with E-state index in [2.05, 4.69) is 5.32 Å². The van der Waals surface area contributed by atoms with Crippen molar-refractivity contribution >= 4 is 11.7 Å². The Morgan fingerprint density at radius 3 is 2.79 bits per heavy atom. The quantitative estimate of drug-likeness (QED) is 0.930. The summed E-state index contributed by atoms with van der Waals surface area (Å²) in [7, 11) is 0. The fraction of sp³-hybridized carbons (Fsp3) is 0.278. The van der Waals surface area contributed by atoms with E-state index in [0.29, 0.717) is 18.0 Å². The molecule has 0 saturated heterocycles. The Morgan fingerprint density at radius 1 is 1.17 bits per heavy atom. The molecule has 2 aliphatic rings. The van der Waals surface area contributed by atoms with Gasteiger partial charge in [-0.2, -0.15) is 0 Å². The lowest BCUT2D eigenvalue weighted by atomic mass is 10.2. The summed E-state index contributed by atoms with van der Waals surface area (Å²) in [5.74, 6) is 1.05. The Hall–Kier alpha value is -2.76. The summed E-state index contributed by atoms with van der Waals surface area (Å²) in [6.07, 6.45) is 1.97. The lowest BCUT2D eigenvalue weighted by Crippen LogP contribution is -2.36. The SMILES string of the molecule is O=C(Nc1cccc(F)c1)N(Cc1ccc2c(c1)OCO2)C1CC1. The summed E-state index contributed by atoms with van der Waals surface area (Å²) >= 11 is 0. The predicted octanol–water partition coefficient (Wildman–Crippen LogP) is 3.75. The number of fused-ring (bicyclic) bond motifs is 1. The Bertz CT molecular complexity index is 777. The van der Waals surface area contributed by atoms with Gasteiger partial charge < -0.3 is 19.7 Å². The minimum atomic E-state index is -0.374. The number of rotatable bonds is 4. The van der Waals surface area contributed by atoms with E-state index in [1.165, 1.54) is 12.1 Å². The molecule has 1 aliphatic carbocycles. The maximum atomic E-state index is 13.3. The molecule has 2 aromatic carbocycles. The fourth-order valence-electron chi connectivity index (χ4n) is 2.75. The molecule has 1 heterocycles. The number of hydrogen-bond donors (Lipinski definition) is 1. The topological polar surface area (TPSA) is 50.8 Å². The van der Waals surface area contributed by atoms with Crippen molar-refractivity contribution in [2.75, 3.05) is 12.1 Å². The van der Waals surface area contributed by atoms with E-state index in [1.807, 2.05) is 18.2 Å². The lowest BCUT2D eigenvalue weighted by molar-refractivity contribution is 0.174. The van der Waals surface area contributed by atoms with Gasteiger partial charge in [-0.25, -0.2) is 9.18 Å². The van der Waals surface area contributed by atoms with Crippen molar-refractivity contribution in [1.82, 2.24) is 4.90 Å². The average molecular weight is 328 g/mol. The Morgan fingerprint density at radius 2 is 2.00 bits per heavy atom. The van der Waals surface area contributed by atoms with Crippen molar-refractivity contribution in [3.8, 4) is 11.5 Å². The predicted molar refractivity (Wildman–Crippen MR) is 86.5 cm³/mol.